The normalized spacial score (nSPS) is 30.7. The predicted molar refractivity (Wildman–Crippen MR) is 40.1 cm³/mol. The molecule has 2 atom stereocenters. The standard InChI is InChI=1S/C2H3P2S2/c5-2-1-4(6)3-2/h3H,1H2/q+1. The van der Waals surface area contributed by atoms with E-state index in [-0.39, 0.29) is 6.39 Å². The van der Waals surface area contributed by atoms with Gasteiger partial charge >= 0.3 is 0 Å². The van der Waals surface area contributed by atoms with Crippen LogP contribution in [0.15, 0.2) is 0 Å². The molecule has 0 saturated carbocycles. The Balaban J connectivity index is 2.47. The minimum absolute atomic E-state index is 0.0129. The Kier molecular flexibility index (Phi) is 1.62. The predicted octanol–water partition coefficient (Wildman–Crippen LogP) is 1.86. The molecular weight excluding hydrogens is 150 g/mol. The molecule has 0 N–H and O–H groups in total. The summed E-state index contributed by atoms with van der Waals surface area (Å²) < 4.78 is 1.22. The highest BCUT2D eigenvalue weighted by atomic mass is 32.6. The summed E-state index contributed by atoms with van der Waals surface area (Å²) in [5.74, 6) is 0. The van der Waals surface area contributed by atoms with Crippen LogP contribution in [0.25, 0.3) is 0 Å². The highest BCUT2D eigenvalue weighted by molar-refractivity contribution is 8.49. The maximum Gasteiger partial charge on any atom is 0.201 e. The number of hydrogen-bond donors (Lipinski definition) is 0. The summed E-state index contributed by atoms with van der Waals surface area (Å²) in [7, 11) is 0.880. The zero-order valence-corrected chi connectivity index (χ0v) is 6.50. The first-order chi connectivity index (χ1) is 2.79. The minimum atomic E-state index is 0.0129. The van der Waals surface area contributed by atoms with Gasteiger partial charge in [0.15, 0.2) is 26.2 Å². The smallest absolute Gasteiger partial charge is 0.0757 e. The fourth-order valence-corrected chi connectivity index (χ4v) is 6.42. The van der Waals surface area contributed by atoms with E-state index in [1.807, 2.05) is 0 Å². The lowest BCUT2D eigenvalue weighted by molar-refractivity contribution is 2.11. The van der Waals surface area contributed by atoms with Gasteiger partial charge in [0.05, 0.1) is 0 Å². The van der Waals surface area contributed by atoms with Crippen LogP contribution in [0.3, 0.4) is 0 Å². The Bertz CT molecular complexity index is 86.1. The van der Waals surface area contributed by atoms with E-state index >= 15 is 0 Å². The van der Waals surface area contributed by atoms with Gasteiger partial charge in [-0.1, -0.05) is 12.2 Å². The van der Waals surface area contributed by atoms with Crippen molar-refractivity contribution in [3.8, 4) is 0 Å². The molecule has 1 rings (SSSR count). The van der Waals surface area contributed by atoms with Crippen LogP contribution in [0.2, 0.25) is 0 Å². The van der Waals surface area contributed by atoms with Crippen LogP contribution in [0.5, 0.6) is 0 Å². The Morgan fingerprint density at radius 2 is 2.33 bits per heavy atom. The van der Waals surface area contributed by atoms with Gasteiger partial charge in [0.1, 0.15) is 4.61 Å². The van der Waals surface area contributed by atoms with E-state index in [1.165, 1.54) is 4.61 Å². The third-order valence-electron chi connectivity index (χ3n) is 0.537. The van der Waals surface area contributed by atoms with E-state index < -0.39 is 0 Å². The second-order valence-electron chi connectivity index (χ2n) is 1.07. The minimum Gasteiger partial charge on any atom is -0.0757 e. The van der Waals surface area contributed by atoms with Crippen LogP contribution in [0, 0.1) is 0 Å². The third-order valence-corrected chi connectivity index (χ3v) is 6.47. The van der Waals surface area contributed by atoms with Gasteiger partial charge < -0.3 is 0 Å². The van der Waals surface area contributed by atoms with Crippen molar-refractivity contribution >= 4 is 43.3 Å². The summed E-state index contributed by atoms with van der Waals surface area (Å²) >= 11 is 9.76. The number of thiocarbonyl (C=S) groups is 1. The summed E-state index contributed by atoms with van der Waals surface area (Å²) in [5, 5.41) is 0. The van der Waals surface area contributed by atoms with Crippen molar-refractivity contribution in [3.63, 3.8) is 0 Å². The van der Waals surface area contributed by atoms with Crippen molar-refractivity contribution in [3.05, 3.63) is 0 Å². The maximum atomic E-state index is 4.93. The van der Waals surface area contributed by atoms with Crippen molar-refractivity contribution in [2.45, 2.75) is 0 Å². The van der Waals surface area contributed by atoms with Crippen LogP contribution < -0.4 is 0 Å². The number of hydrogen-bond acceptors (Lipinski definition) is 2. The maximum absolute atomic E-state index is 4.93. The average molecular weight is 153 g/mol. The fraction of sp³-hybridized carbons (Fsp3) is 0.500. The molecule has 0 bridgehead atoms. The lowest BCUT2D eigenvalue weighted by Gasteiger charge is -1.97. The number of rotatable bonds is 0. The summed E-state index contributed by atoms with van der Waals surface area (Å²) in [6.45, 7) is 0. The highest BCUT2D eigenvalue weighted by Gasteiger charge is 2.27. The molecule has 0 nitrogen and oxygen atoms in total. The van der Waals surface area contributed by atoms with Crippen molar-refractivity contribution in [2.24, 2.45) is 0 Å². The Morgan fingerprint density at radius 1 is 1.83 bits per heavy atom. The van der Waals surface area contributed by atoms with Gasteiger partial charge in [0.25, 0.3) is 0 Å². The molecule has 32 valence electrons. The van der Waals surface area contributed by atoms with E-state index in [4.69, 9.17) is 24.0 Å². The third kappa shape index (κ3) is 1.01. The summed E-state index contributed by atoms with van der Waals surface area (Å²) in [6, 6.07) is 0. The van der Waals surface area contributed by atoms with Gasteiger partial charge in [-0.15, -0.1) is 0 Å². The van der Waals surface area contributed by atoms with Crippen LogP contribution >= 0.6 is 26.9 Å². The van der Waals surface area contributed by atoms with Gasteiger partial charge in [-0.3, -0.25) is 0 Å². The highest BCUT2D eigenvalue weighted by Crippen LogP contribution is 2.56. The summed E-state index contributed by atoms with van der Waals surface area (Å²) in [4.78, 5) is 0. The molecule has 0 spiro atoms. The van der Waals surface area contributed by atoms with Crippen LogP contribution in [0.4, 0.5) is 0 Å². The second-order valence-corrected chi connectivity index (χ2v) is 8.41. The molecule has 4 heteroatoms. The molecule has 0 aromatic carbocycles. The topological polar surface area (TPSA) is 0 Å². The van der Waals surface area contributed by atoms with E-state index in [1.54, 1.807) is 0 Å². The molecule has 0 aromatic rings. The Labute approximate surface area is 49.8 Å². The van der Waals surface area contributed by atoms with Gasteiger partial charge in [0, 0.05) is 0 Å². The lowest BCUT2D eigenvalue weighted by Crippen LogP contribution is -1.94. The molecule has 0 radical (unpaired) electrons. The molecule has 0 aliphatic carbocycles. The average Bonchev–Trinajstić information content (AvgIpc) is 1.33. The first-order valence-electron chi connectivity index (χ1n) is 1.53. The molecule has 0 aromatic heterocycles. The van der Waals surface area contributed by atoms with Gasteiger partial charge in [-0.05, 0) is 0 Å². The van der Waals surface area contributed by atoms with E-state index in [2.05, 4.69) is 0 Å². The zero-order valence-electron chi connectivity index (χ0n) is 2.97. The van der Waals surface area contributed by atoms with Crippen molar-refractivity contribution in [2.75, 3.05) is 6.16 Å². The van der Waals surface area contributed by atoms with Crippen LogP contribution in [-0.2, 0) is 11.8 Å². The van der Waals surface area contributed by atoms with Crippen LogP contribution in [0.1, 0.15) is 0 Å². The fourth-order valence-electron chi connectivity index (χ4n) is 0.253. The molecule has 1 fully saturated rings. The quantitative estimate of drug-likeness (QED) is 0.385. The molecule has 0 amide bonds. The van der Waals surface area contributed by atoms with Gasteiger partial charge in [-0.25, -0.2) is 0 Å². The first-order valence-corrected chi connectivity index (χ1v) is 6.32. The summed E-state index contributed by atoms with van der Waals surface area (Å²) in [5.41, 5.74) is 0. The monoisotopic (exact) mass is 153 g/mol. The largest absolute Gasteiger partial charge is 0.201 e. The van der Waals surface area contributed by atoms with Crippen LogP contribution in [-0.4, -0.2) is 10.8 Å². The molecule has 1 saturated heterocycles. The Morgan fingerprint density at radius 3 is 2.33 bits per heavy atom. The van der Waals surface area contributed by atoms with Gasteiger partial charge in [-0.2, -0.15) is 0 Å². The molecule has 1 heterocycles. The van der Waals surface area contributed by atoms with Crippen molar-refractivity contribution in [1.29, 1.82) is 0 Å². The van der Waals surface area contributed by atoms with Gasteiger partial charge in [0.2, 0.25) is 6.39 Å². The van der Waals surface area contributed by atoms with E-state index in [0.29, 0.717) is 0 Å². The molecule has 1 aliphatic heterocycles. The SMILES string of the molecule is S=C1C[P+](=S)P1. The molecule has 6 heavy (non-hydrogen) atoms. The zero-order chi connectivity index (χ0) is 4.57. The van der Waals surface area contributed by atoms with E-state index in [0.717, 1.165) is 14.4 Å². The Hall–Kier alpha value is 1.04. The van der Waals surface area contributed by atoms with E-state index in [9.17, 15) is 0 Å². The summed E-state index contributed by atoms with van der Waals surface area (Å²) in [6.07, 6.45) is 1.11. The molecule has 1 aliphatic rings. The molecule has 2 unspecified atom stereocenters. The molecular formula is C2H3P2S2+. The first kappa shape index (κ1) is 5.18. The lowest BCUT2D eigenvalue weighted by atomic mass is 10.9. The van der Waals surface area contributed by atoms with Crippen molar-refractivity contribution < 1.29 is 0 Å². The van der Waals surface area contributed by atoms with Crippen molar-refractivity contribution in [1.82, 2.24) is 0 Å². The second kappa shape index (κ2) is 1.88.